The maximum absolute atomic E-state index is 12.4. The summed E-state index contributed by atoms with van der Waals surface area (Å²) in [5.41, 5.74) is 4.77. The minimum Gasteiger partial charge on any atom is -0.462 e. The number of quaternary nitrogens is 1. The zero-order valence-corrected chi connectivity index (χ0v) is 15.3. The lowest BCUT2D eigenvalue weighted by Gasteiger charge is -2.30. The molecule has 0 unspecified atom stereocenters. The van der Waals surface area contributed by atoms with Gasteiger partial charge in [-0.3, -0.25) is 5.32 Å². The standard InChI is InChI=1S/C16H25N3O4S/c1-4-22-14(20)12-10-8-16(2,3)23-9-11(10)24-13(12)19-15(21)18-7-5-6-17/h4-9,17H2,1-3H3,(H2,18,19,21)/p+1. The molecule has 1 aliphatic heterocycles. The topological polar surface area (TPSA) is 104 Å². The molecule has 1 aliphatic rings. The highest BCUT2D eigenvalue weighted by Gasteiger charge is 2.34. The lowest BCUT2D eigenvalue weighted by molar-refractivity contribution is -0.367. The molecule has 24 heavy (non-hydrogen) atoms. The summed E-state index contributed by atoms with van der Waals surface area (Å²) in [6.07, 6.45) is 1.42. The van der Waals surface area contributed by atoms with Gasteiger partial charge in [-0.15, -0.1) is 11.3 Å². The number of esters is 1. The maximum Gasteiger partial charge on any atom is 0.341 e. The summed E-state index contributed by atoms with van der Waals surface area (Å²) < 4.78 is 11.0. The zero-order chi connectivity index (χ0) is 17.7. The second-order valence-electron chi connectivity index (χ2n) is 6.24. The molecule has 1 aromatic heterocycles. The van der Waals surface area contributed by atoms with Gasteiger partial charge in [-0.2, -0.15) is 0 Å². The highest BCUT2D eigenvalue weighted by Crippen LogP contribution is 2.40. The van der Waals surface area contributed by atoms with Gasteiger partial charge in [0.15, 0.2) is 0 Å². The van der Waals surface area contributed by atoms with E-state index in [9.17, 15) is 9.59 Å². The monoisotopic (exact) mass is 356 g/mol. The van der Waals surface area contributed by atoms with E-state index in [1.165, 1.54) is 11.3 Å². The lowest BCUT2D eigenvalue weighted by atomic mass is 9.93. The number of thiophene rings is 1. The van der Waals surface area contributed by atoms with E-state index in [1.807, 2.05) is 13.8 Å². The Kier molecular flexibility index (Phi) is 6.20. The normalized spacial score (nSPS) is 15.5. The van der Waals surface area contributed by atoms with E-state index in [2.05, 4.69) is 16.4 Å². The quantitative estimate of drug-likeness (QED) is 0.531. The Bertz CT molecular complexity index is 613. The largest absolute Gasteiger partial charge is 0.462 e. The third-order valence-corrected chi connectivity index (χ3v) is 4.83. The SMILES string of the molecule is CCOC(=O)c1c(NC(=O)NCCC[NH3+])sc2c1CC(C)(C)OC2. The molecular formula is C16H26N3O4S+. The minimum atomic E-state index is -0.402. The molecule has 5 N–H and O–H groups in total. The van der Waals surface area contributed by atoms with Crippen LogP contribution in [-0.4, -0.2) is 37.3 Å². The van der Waals surface area contributed by atoms with Crippen LogP contribution in [0.15, 0.2) is 0 Å². The fourth-order valence-corrected chi connectivity index (χ4v) is 3.65. The number of nitrogens with one attached hydrogen (secondary N) is 2. The van der Waals surface area contributed by atoms with Crippen LogP contribution in [0.5, 0.6) is 0 Å². The highest BCUT2D eigenvalue weighted by molar-refractivity contribution is 7.17. The Morgan fingerprint density at radius 2 is 2.17 bits per heavy atom. The third kappa shape index (κ3) is 4.46. The first kappa shape index (κ1) is 18.7. The first-order chi connectivity index (χ1) is 11.4. The number of hydrogen-bond acceptors (Lipinski definition) is 5. The number of carbonyl (C=O) groups is 2. The van der Waals surface area contributed by atoms with Gasteiger partial charge in [0.2, 0.25) is 0 Å². The van der Waals surface area contributed by atoms with Crippen molar-refractivity contribution in [3.8, 4) is 0 Å². The van der Waals surface area contributed by atoms with Gasteiger partial charge in [0.25, 0.3) is 0 Å². The Hall–Kier alpha value is -1.64. The maximum atomic E-state index is 12.4. The number of hydrogen-bond donors (Lipinski definition) is 3. The van der Waals surface area contributed by atoms with Crippen LogP contribution >= 0.6 is 11.3 Å². The van der Waals surface area contributed by atoms with Crippen molar-refractivity contribution in [2.75, 3.05) is 25.0 Å². The summed E-state index contributed by atoms with van der Waals surface area (Å²) in [6.45, 7) is 7.77. The van der Waals surface area contributed by atoms with Crippen molar-refractivity contribution in [1.82, 2.24) is 5.32 Å². The Balaban J connectivity index is 2.25. The number of urea groups is 1. The van der Waals surface area contributed by atoms with E-state index in [0.29, 0.717) is 36.7 Å². The Labute approximate surface area is 145 Å². The van der Waals surface area contributed by atoms with Crippen LogP contribution in [0.4, 0.5) is 9.80 Å². The Morgan fingerprint density at radius 1 is 1.42 bits per heavy atom. The van der Waals surface area contributed by atoms with Crippen LogP contribution in [0.2, 0.25) is 0 Å². The summed E-state index contributed by atoms with van der Waals surface area (Å²) in [7, 11) is 0. The second kappa shape index (κ2) is 7.96. The van der Waals surface area contributed by atoms with E-state index in [0.717, 1.165) is 23.4 Å². The van der Waals surface area contributed by atoms with Crippen LogP contribution in [0, 0.1) is 0 Å². The summed E-state index contributed by atoms with van der Waals surface area (Å²) in [4.78, 5) is 25.4. The smallest absolute Gasteiger partial charge is 0.341 e. The van der Waals surface area contributed by atoms with Crippen LogP contribution < -0.4 is 16.4 Å². The molecule has 2 heterocycles. The van der Waals surface area contributed by atoms with Crippen molar-refractivity contribution in [3.63, 3.8) is 0 Å². The molecule has 0 aromatic carbocycles. The molecule has 0 saturated carbocycles. The van der Waals surface area contributed by atoms with Crippen molar-refractivity contribution in [2.45, 2.75) is 45.8 Å². The third-order valence-electron chi connectivity index (χ3n) is 3.71. The summed E-state index contributed by atoms with van der Waals surface area (Å²) in [5.74, 6) is -0.402. The van der Waals surface area contributed by atoms with Crippen molar-refractivity contribution in [2.24, 2.45) is 0 Å². The van der Waals surface area contributed by atoms with E-state index in [-0.39, 0.29) is 11.6 Å². The number of carbonyl (C=O) groups excluding carboxylic acids is 2. The molecule has 0 bridgehead atoms. The van der Waals surface area contributed by atoms with E-state index >= 15 is 0 Å². The number of amides is 2. The number of rotatable bonds is 6. The van der Waals surface area contributed by atoms with Gasteiger partial charge in [-0.25, -0.2) is 9.59 Å². The van der Waals surface area contributed by atoms with Crippen molar-refractivity contribution in [1.29, 1.82) is 0 Å². The van der Waals surface area contributed by atoms with E-state index < -0.39 is 5.97 Å². The Morgan fingerprint density at radius 3 is 2.83 bits per heavy atom. The van der Waals surface area contributed by atoms with Gasteiger partial charge in [0, 0.05) is 24.3 Å². The van der Waals surface area contributed by atoms with Gasteiger partial charge >= 0.3 is 12.0 Å². The van der Waals surface area contributed by atoms with Gasteiger partial charge in [-0.1, -0.05) is 0 Å². The zero-order valence-electron chi connectivity index (χ0n) is 14.5. The average molecular weight is 356 g/mol. The summed E-state index contributed by atoms with van der Waals surface area (Å²) in [5, 5.41) is 6.07. The fourth-order valence-electron chi connectivity index (χ4n) is 2.53. The van der Waals surface area contributed by atoms with E-state index in [4.69, 9.17) is 9.47 Å². The minimum absolute atomic E-state index is 0.290. The lowest BCUT2D eigenvalue weighted by Crippen LogP contribution is -2.51. The molecule has 0 fully saturated rings. The summed E-state index contributed by atoms with van der Waals surface area (Å²) >= 11 is 1.37. The van der Waals surface area contributed by atoms with Gasteiger partial charge < -0.3 is 20.5 Å². The molecule has 0 atom stereocenters. The molecule has 8 heteroatoms. The molecule has 0 aliphatic carbocycles. The predicted octanol–water partition coefficient (Wildman–Crippen LogP) is 1.53. The second-order valence-corrected chi connectivity index (χ2v) is 7.35. The summed E-state index contributed by atoms with van der Waals surface area (Å²) in [6, 6.07) is -0.326. The van der Waals surface area contributed by atoms with Crippen molar-refractivity contribution < 1.29 is 24.8 Å². The molecule has 0 saturated heterocycles. The average Bonchev–Trinajstić information content (AvgIpc) is 2.83. The van der Waals surface area contributed by atoms with Crippen LogP contribution in [0.1, 0.15) is 48.0 Å². The van der Waals surface area contributed by atoms with Crippen LogP contribution in [0.3, 0.4) is 0 Å². The first-order valence-electron chi connectivity index (χ1n) is 8.17. The van der Waals surface area contributed by atoms with Crippen LogP contribution in [-0.2, 0) is 22.5 Å². The molecule has 2 rings (SSSR count). The number of anilines is 1. The van der Waals surface area contributed by atoms with Crippen LogP contribution in [0.25, 0.3) is 0 Å². The molecule has 134 valence electrons. The van der Waals surface area contributed by atoms with Gasteiger partial charge in [0.1, 0.15) is 5.00 Å². The first-order valence-corrected chi connectivity index (χ1v) is 8.99. The molecule has 1 aromatic rings. The predicted molar refractivity (Wildman–Crippen MR) is 92.2 cm³/mol. The van der Waals surface area contributed by atoms with E-state index in [1.54, 1.807) is 6.92 Å². The number of ether oxygens (including phenoxy) is 2. The fraction of sp³-hybridized carbons (Fsp3) is 0.625. The molecule has 0 radical (unpaired) electrons. The number of fused-ring (bicyclic) bond motifs is 1. The van der Waals surface area contributed by atoms with Crippen molar-refractivity contribution >= 4 is 28.3 Å². The van der Waals surface area contributed by atoms with Crippen molar-refractivity contribution in [3.05, 3.63) is 16.0 Å². The molecular weight excluding hydrogens is 330 g/mol. The molecule has 2 amide bonds. The highest BCUT2D eigenvalue weighted by atomic mass is 32.1. The van der Waals surface area contributed by atoms with Gasteiger partial charge in [-0.05, 0) is 26.3 Å². The van der Waals surface area contributed by atoms with Gasteiger partial charge in [0.05, 0.1) is 30.9 Å². The molecule has 0 spiro atoms. The molecule has 7 nitrogen and oxygen atoms in total.